The highest BCUT2D eigenvalue weighted by atomic mass is 16.2. The molecule has 4 heteroatoms. The predicted molar refractivity (Wildman–Crippen MR) is 39.5 cm³/mol. The molecule has 0 unspecified atom stereocenters. The summed E-state index contributed by atoms with van der Waals surface area (Å²) in [5.74, 6) is -0.373. The number of ketones is 1. The molecule has 4 nitrogen and oxygen atoms in total. The van der Waals surface area contributed by atoms with Gasteiger partial charge in [0, 0.05) is 0 Å². The highest BCUT2D eigenvalue weighted by molar-refractivity contribution is 5.85. The molecule has 0 aliphatic heterocycles. The summed E-state index contributed by atoms with van der Waals surface area (Å²) in [7, 11) is 0. The van der Waals surface area contributed by atoms with Crippen molar-refractivity contribution in [1.82, 2.24) is 5.32 Å². The van der Waals surface area contributed by atoms with Crippen molar-refractivity contribution in [3.8, 4) is 0 Å². The van der Waals surface area contributed by atoms with Gasteiger partial charge in [0.25, 0.3) is 0 Å². The second-order valence-electron chi connectivity index (χ2n) is 1.68. The molecule has 0 rings (SSSR count). The van der Waals surface area contributed by atoms with Gasteiger partial charge in [-0.3, -0.25) is 9.59 Å². The van der Waals surface area contributed by atoms with Crippen molar-refractivity contribution >= 4 is 11.7 Å². The van der Waals surface area contributed by atoms with Gasteiger partial charge in [-0.05, 0) is 6.92 Å². The highest BCUT2D eigenvalue weighted by Gasteiger charge is 1.96. The van der Waals surface area contributed by atoms with E-state index >= 15 is 0 Å². The van der Waals surface area contributed by atoms with Gasteiger partial charge in [-0.25, -0.2) is 0 Å². The number of carbonyl (C=O) groups excluding carboxylic acids is 2. The molecule has 0 saturated carbocycles. The van der Waals surface area contributed by atoms with Crippen molar-refractivity contribution in [3.63, 3.8) is 0 Å². The van der Waals surface area contributed by atoms with Crippen molar-refractivity contribution in [2.24, 2.45) is 5.73 Å². The summed E-state index contributed by atoms with van der Waals surface area (Å²) in [5, 5.41) is 2.32. The molecular weight excluding hydrogens is 132 g/mol. The number of nitrogens with one attached hydrogen (secondary N) is 1. The molecule has 0 aromatic rings. The maximum atomic E-state index is 10.3. The van der Waals surface area contributed by atoms with Crippen molar-refractivity contribution in [2.75, 3.05) is 13.1 Å². The van der Waals surface area contributed by atoms with Crippen LogP contribution in [0, 0.1) is 0 Å². The van der Waals surface area contributed by atoms with E-state index in [9.17, 15) is 9.59 Å². The van der Waals surface area contributed by atoms with Gasteiger partial charge in [-0.15, -0.1) is 0 Å². The minimum atomic E-state index is -0.301. The van der Waals surface area contributed by atoms with Gasteiger partial charge in [0.15, 0.2) is 0 Å². The van der Waals surface area contributed by atoms with Crippen LogP contribution in [0.1, 0.15) is 14.4 Å². The minimum Gasteiger partial charge on any atom is -0.348 e. The summed E-state index contributed by atoms with van der Waals surface area (Å²) < 4.78 is 0. The van der Waals surface area contributed by atoms with Gasteiger partial charge < -0.3 is 11.1 Å². The van der Waals surface area contributed by atoms with Gasteiger partial charge in [-0.1, -0.05) is 7.43 Å². The Labute approximate surface area is 60.8 Å². The molecular formula is C6H14N2O2. The molecule has 0 atom stereocenters. The predicted octanol–water partition coefficient (Wildman–Crippen LogP) is -0.714. The van der Waals surface area contributed by atoms with Crippen LogP contribution in [-0.2, 0) is 9.59 Å². The lowest BCUT2D eigenvalue weighted by atomic mass is 10.4. The normalized spacial score (nSPS) is 7.80. The summed E-state index contributed by atoms with van der Waals surface area (Å²) in [6.07, 6.45) is 0. The first kappa shape index (κ1) is 11.8. The Bertz CT molecular complexity index is 123. The number of rotatable bonds is 3. The quantitative estimate of drug-likeness (QED) is 0.552. The Morgan fingerprint density at radius 1 is 1.50 bits per heavy atom. The third-order valence-corrected chi connectivity index (χ3v) is 0.720. The summed E-state index contributed by atoms with van der Waals surface area (Å²) in [6.45, 7) is 1.42. The monoisotopic (exact) mass is 146 g/mol. The Hall–Kier alpha value is -0.900. The SMILES string of the molecule is C.CC(=O)CNC(=O)CN. The topological polar surface area (TPSA) is 72.2 Å². The lowest BCUT2D eigenvalue weighted by Gasteiger charge is -1.96. The number of hydrogen-bond acceptors (Lipinski definition) is 3. The van der Waals surface area contributed by atoms with Crippen molar-refractivity contribution in [3.05, 3.63) is 0 Å². The van der Waals surface area contributed by atoms with E-state index in [1.807, 2.05) is 0 Å². The van der Waals surface area contributed by atoms with Crippen molar-refractivity contribution in [2.45, 2.75) is 14.4 Å². The Kier molecular flexibility index (Phi) is 7.37. The zero-order valence-electron chi connectivity index (χ0n) is 5.31. The molecule has 3 N–H and O–H groups in total. The number of carbonyl (C=O) groups is 2. The summed E-state index contributed by atoms with van der Waals surface area (Å²) in [5.41, 5.74) is 4.93. The van der Waals surface area contributed by atoms with Crippen molar-refractivity contribution < 1.29 is 9.59 Å². The lowest BCUT2D eigenvalue weighted by Crippen LogP contribution is -2.33. The third-order valence-electron chi connectivity index (χ3n) is 0.720. The summed E-state index contributed by atoms with van der Waals surface area (Å²) in [4.78, 5) is 20.5. The van der Waals surface area contributed by atoms with Crippen LogP contribution in [0.3, 0.4) is 0 Å². The highest BCUT2D eigenvalue weighted by Crippen LogP contribution is 1.63. The molecule has 0 spiro atoms. The van der Waals surface area contributed by atoms with Gasteiger partial charge in [0.2, 0.25) is 5.91 Å². The first-order chi connectivity index (χ1) is 4.16. The van der Waals surface area contributed by atoms with Crippen LogP contribution in [0.4, 0.5) is 0 Å². The molecule has 1 amide bonds. The van der Waals surface area contributed by atoms with Crippen LogP contribution >= 0.6 is 0 Å². The van der Waals surface area contributed by atoms with Crippen LogP contribution in [-0.4, -0.2) is 24.8 Å². The van der Waals surface area contributed by atoms with Gasteiger partial charge >= 0.3 is 0 Å². The fourth-order valence-electron chi connectivity index (χ4n) is 0.295. The fourth-order valence-corrected chi connectivity index (χ4v) is 0.295. The van der Waals surface area contributed by atoms with E-state index in [2.05, 4.69) is 5.32 Å². The number of Topliss-reactive ketones (excluding diaryl/α,β-unsaturated/α-hetero) is 1. The van der Waals surface area contributed by atoms with E-state index in [-0.39, 0.29) is 32.2 Å². The minimum absolute atomic E-state index is 0. The van der Waals surface area contributed by atoms with Gasteiger partial charge in [0.05, 0.1) is 13.1 Å². The molecule has 0 fully saturated rings. The standard InChI is InChI=1S/C5H10N2O2.CH4/c1-4(8)3-7-5(9)2-6;/h2-3,6H2,1H3,(H,7,9);1H4. The van der Waals surface area contributed by atoms with E-state index in [1.54, 1.807) is 0 Å². The summed E-state index contributed by atoms with van der Waals surface area (Å²) >= 11 is 0. The average Bonchev–Trinajstić information content (AvgIpc) is 1.83. The maximum absolute atomic E-state index is 10.3. The third kappa shape index (κ3) is 7.10. The molecule has 0 aliphatic carbocycles. The molecule has 0 aliphatic rings. The van der Waals surface area contributed by atoms with E-state index in [4.69, 9.17) is 5.73 Å². The number of hydrogen-bond donors (Lipinski definition) is 2. The second-order valence-corrected chi connectivity index (χ2v) is 1.68. The zero-order chi connectivity index (χ0) is 7.28. The van der Waals surface area contributed by atoms with E-state index < -0.39 is 0 Å². The van der Waals surface area contributed by atoms with Crippen LogP contribution in [0.2, 0.25) is 0 Å². The van der Waals surface area contributed by atoms with Crippen LogP contribution < -0.4 is 11.1 Å². The van der Waals surface area contributed by atoms with Gasteiger partial charge in [-0.2, -0.15) is 0 Å². The first-order valence-electron chi connectivity index (χ1n) is 2.63. The largest absolute Gasteiger partial charge is 0.348 e. The average molecular weight is 146 g/mol. The van der Waals surface area contributed by atoms with Crippen molar-refractivity contribution in [1.29, 1.82) is 0 Å². The van der Waals surface area contributed by atoms with Crippen LogP contribution in [0.25, 0.3) is 0 Å². The van der Waals surface area contributed by atoms with E-state index in [0.717, 1.165) is 0 Å². The van der Waals surface area contributed by atoms with E-state index in [1.165, 1.54) is 6.92 Å². The van der Waals surface area contributed by atoms with Crippen LogP contribution in [0.15, 0.2) is 0 Å². The Morgan fingerprint density at radius 2 is 2.00 bits per heavy atom. The molecule has 0 bridgehead atoms. The number of amides is 1. The van der Waals surface area contributed by atoms with E-state index in [0.29, 0.717) is 0 Å². The zero-order valence-corrected chi connectivity index (χ0v) is 5.31. The number of nitrogens with two attached hydrogens (primary N) is 1. The molecule has 0 aromatic heterocycles. The second kappa shape index (κ2) is 6.22. The fraction of sp³-hybridized carbons (Fsp3) is 0.667. The molecule has 0 radical (unpaired) electrons. The lowest BCUT2D eigenvalue weighted by molar-refractivity contribution is -0.123. The smallest absolute Gasteiger partial charge is 0.234 e. The first-order valence-corrected chi connectivity index (χ1v) is 2.63. The maximum Gasteiger partial charge on any atom is 0.234 e. The van der Waals surface area contributed by atoms with Crippen LogP contribution in [0.5, 0.6) is 0 Å². The molecule has 0 aromatic carbocycles. The summed E-state index contributed by atoms with van der Waals surface area (Å²) in [6, 6.07) is 0. The molecule has 10 heavy (non-hydrogen) atoms. The Morgan fingerprint density at radius 3 is 2.30 bits per heavy atom. The molecule has 0 heterocycles. The molecule has 0 saturated heterocycles. The Balaban J connectivity index is 0. The molecule has 60 valence electrons. The van der Waals surface area contributed by atoms with Gasteiger partial charge in [0.1, 0.15) is 5.78 Å².